The second-order valence-corrected chi connectivity index (χ2v) is 6.25. The van der Waals surface area contributed by atoms with Crippen molar-refractivity contribution < 1.29 is 19.0 Å². The first kappa shape index (κ1) is 13.7. The van der Waals surface area contributed by atoms with Crippen LogP contribution in [0.4, 0.5) is 0 Å². The minimum absolute atomic E-state index is 0.395. The fourth-order valence-electron chi connectivity index (χ4n) is 1.94. The average molecular weight is 264 g/mol. The van der Waals surface area contributed by atoms with E-state index in [-0.39, 0.29) is 0 Å². The first-order valence-corrected chi connectivity index (χ1v) is 6.33. The third-order valence-corrected chi connectivity index (χ3v) is 2.52. The normalized spacial score (nSPS) is 16.3. The summed E-state index contributed by atoms with van der Waals surface area (Å²) in [5, 5.41) is 0. The van der Waals surface area contributed by atoms with Crippen LogP contribution in [0.15, 0.2) is 12.1 Å². The molecule has 0 aromatic heterocycles. The maximum atomic E-state index is 12.2. The van der Waals surface area contributed by atoms with Gasteiger partial charge >= 0.3 is 5.97 Å². The minimum atomic E-state index is -0.757. The highest BCUT2D eigenvalue weighted by atomic mass is 16.7. The molecule has 4 nitrogen and oxygen atoms in total. The predicted molar refractivity (Wildman–Crippen MR) is 71.7 cm³/mol. The van der Waals surface area contributed by atoms with Gasteiger partial charge in [0.1, 0.15) is 11.2 Å². The maximum Gasteiger partial charge on any atom is 0.342 e. The first-order valence-electron chi connectivity index (χ1n) is 6.33. The lowest BCUT2D eigenvalue weighted by atomic mass is 10.1. The zero-order valence-electron chi connectivity index (χ0n) is 12.3. The number of fused-ring (bicyclic) bond motifs is 1. The van der Waals surface area contributed by atoms with Gasteiger partial charge in [-0.1, -0.05) is 0 Å². The quantitative estimate of drug-likeness (QED) is 0.729. The Morgan fingerprint density at radius 1 is 1.21 bits per heavy atom. The molecule has 0 unspecified atom stereocenters. The van der Waals surface area contributed by atoms with Crippen molar-refractivity contribution in [2.75, 3.05) is 0 Å². The molecular weight excluding hydrogens is 244 g/mol. The Morgan fingerprint density at radius 3 is 2.42 bits per heavy atom. The molecule has 1 aromatic rings. The van der Waals surface area contributed by atoms with Crippen molar-refractivity contribution in [3.63, 3.8) is 0 Å². The molecule has 0 atom stereocenters. The molecule has 1 aliphatic rings. The molecule has 0 saturated carbocycles. The van der Waals surface area contributed by atoms with Gasteiger partial charge in [-0.05, 0) is 45.4 Å². The highest BCUT2D eigenvalue weighted by molar-refractivity contribution is 5.94. The highest BCUT2D eigenvalue weighted by Gasteiger charge is 2.36. The average Bonchev–Trinajstić information content (AvgIpc) is 2.47. The van der Waals surface area contributed by atoms with Gasteiger partial charge in [0.15, 0.2) is 11.5 Å². The molecule has 0 N–H and O–H groups in total. The van der Waals surface area contributed by atoms with E-state index in [0.717, 1.165) is 5.56 Å². The van der Waals surface area contributed by atoms with E-state index in [1.54, 1.807) is 19.9 Å². The number of benzene rings is 1. The second-order valence-electron chi connectivity index (χ2n) is 6.25. The van der Waals surface area contributed by atoms with E-state index in [2.05, 4.69) is 0 Å². The van der Waals surface area contributed by atoms with E-state index in [1.165, 1.54) is 0 Å². The number of hydrogen-bond donors (Lipinski definition) is 0. The van der Waals surface area contributed by atoms with E-state index in [9.17, 15) is 4.79 Å². The summed E-state index contributed by atoms with van der Waals surface area (Å²) in [7, 11) is 0. The number of esters is 1. The van der Waals surface area contributed by atoms with Crippen LogP contribution in [0.25, 0.3) is 0 Å². The van der Waals surface area contributed by atoms with E-state index in [0.29, 0.717) is 17.1 Å². The fourth-order valence-corrected chi connectivity index (χ4v) is 1.94. The zero-order chi connectivity index (χ0) is 14.4. The molecule has 0 fully saturated rings. The van der Waals surface area contributed by atoms with Crippen LogP contribution in [0.5, 0.6) is 11.5 Å². The third-order valence-electron chi connectivity index (χ3n) is 2.52. The Labute approximate surface area is 113 Å². The van der Waals surface area contributed by atoms with Crippen molar-refractivity contribution in [3.05, 3.63) is 23.3 Å². The number of ether oxygens (including phenoxy) is 3. The second kappa shape index (κ2) is 4.15. The van der Waals surface area contributed by atoms with Gasteiger partial charge in [-0.2, -0.15) is 0 Å². The molecule has 2 rings (SSSR count). The summed E-state index contributed by atoms with van der Waals surface area (Å²) in [5.74, 6) is -0.100. The molecule has 1 aromatic carbocycles. The molecular formula is C15H20O4. The Hall–Kier alpha value is -1.71. The maximum absolute atomic E-state index is 12.2. The van der Waals surface area contributed by atoms with Crippen molar-refractivity contribution in [1.29, 1.82) is 0 Å². The van der Waals surface area contributed by atoms with Crippen molar-refractivity contribution in [2.45, 2.75) is 52.9 Å². The van der Waals surface area contributed by atoms with E-state index in [1.807, 2.05) is 33.8 Å². The van der Waals surface area contributed by atoms with Gasteiger partial charge < -0.3 is 14.2 Å². The molecule has 0 aliphatic carbocycles. The summed E-state index contributed by atoms with van der Waals surface area (Å²) in [6.07, 6.45) is 0. The van der Waals surface area contributed by atoms with Crippen LogP contribution in [0.2, 0.25) is 0 Å². The Morgan fingerprint density at radius 2 is 1.84 bits per heavy atom. The topological polar surface area (TPSA) is 44.8 Å². The molecule has 0 radical (unpaired) electrons. The molecule has 1 aliphatic heterocycles. The van der Waals surface area contributed by atoms with Gasteiger partial charge in [0.25, 0.3) is 0 Å². The monoisotopic (exact) mass is 264 g/mol. The van der Waals surface area contributed by atoms with Crippen molar-refractivity contribution in [2.24, 2.45) is 0 Å². The number of carbonyl (C=O) groups is 1. The fraction of sp³-hybridized carbons (Fsp3) is 0.533. The van der Waals surface area contributed by atoms with Gasteiger partial charge in [0.05, 0.1) is 0 Å². The number of carbonyl (C=O) groups excluding carboxylic acids is 1. The summed E-state index contributed by atoms with van der Waals surface area (Å²) < 4.78 is 16.8. The SMILES string of the molecule is Cc1cc2c(c(C(=O)OC(C)(C)C)c1)OC(C)(C)O2. The zero-order valence-corrected chi connectivity index (χ0v) is 12.3. The standard InChI is InChI=1S/C15H20O4/c1-9-7-10(13(16)19-14(2,3)4)12-11(8-9)17-15(5,6)18-12/h7-8H,1-6H3. The van der Waals surface area contributed by atoms with Crippen molar-refractivity contribution in [1.82, 2.24) is 0 Å². The summed E-state index contributed by atoms with van der Waals surface area (Å²) in [4.78, 5) is 12.2. The first-order chi connectivity index (χ1) is 8.57. The smallest absolute Gasteiger partial charge is 0.342 e. The molecule has 0 saturated heterocycles. The van der Waals surface area contributed by atoms with Gasteiger partial charge in [0, 0.05) is 13.8 Å². The Balaban J connectivity index is 2.41. The van der Waals surface area contributed by atoms with Crippen LogP contribution in [-0.2, 0) is 4.74 Å². The number of hydrogen-bond acceptors (Lipinski definition) is 4. The Bertz CT molecular complexity index is 524. The van der Waals surface area contributed by atoms with Gasteiger partial charge in [-0.25, -0.2) is 4.79 Å². The van der Waals surface area contributed by atoms with Crippen LogP contribution in [0.1, 0.15) is 50.5 Å². The molecule has 0 amide bonds. The summed E-state index contributed by atoms with van der Waals surface area (Å²) in [6, 6.07) is 3.62. The highest BCUT2D eigenvalue weighted by Crippen LogP contribution is 2.43. The van der Waals surface area contributed by atoms with Crippen molar-refractivity contribution in [3.8, 4) is 11.5 Å². The minimum Gasteiger partial charge on any atom is -0.456 e. The lowest BCUT2D eigenvalue weighted by molar-refractivity contribution is -0.0437. The lowest BCUT2D eigenvalue weighted by Crippen LogP contribution is -2.30. The number of aryl methyl sites for hydroxylation is 1. The van der Waals surface area contributed by atoms with Crippen LogP contribution in [0.3, 0.4) is 0 Å². The summed E-state index contributed by atoms with van der Waals surface area (Å²) in [5.41, 5.74) is 0.805. The van der Waals surface area contributed by atoms with E-state index >= 15 is 0 Å². The molecule has 4 heteroatoms. The van der Waals surface area contributed by atoms with Crippen LogP contribution in [-0.4, -0.2) is 17.4 Å². The molecule has 1 heterocycles. The number of rotatable bonds is 1. The van der Waals surface area contributed by atoms with Crippen LogP contribution in [0, 0.1) is 6.92 Å². The van der Waals surface area contributed by atoms with E-state index < -0.39 is 17.4 Å². The van der Waals surface area contributed by atoms with E-state index in [4.69, 9.17) is 14.2 Å². The molecule has 0 spiro atoms. The third kappa shape index (κ3) is 3.00. The molecule has 104 valence electrons. The van der Waals surface area contributed by atoms with Gasteiger partial charge in [0.2, 0.25) is 5.79 Å². The molecule has 19 heavy (non-hydrogen) atoms. The summed E-state index contributed by atoms with van der Waals surface area (Å²) >= 11 is 0. The lowest BCUT2D eigenvalue weighted by Gasteiger charge is -2.20. The van der Waals surface area contributed by atoms with Crippen molar-refractivity contribution >= 4 is 5.97 Å². The van der Waals surface area contributed by atoms with Gasteiger partial charge in [-0.3, -0.25) is 0 Å². The van der Waals surface area contributed by atoms with Crippen LogP contribution >= 0.6 is 0 Å². The summed E-state index contributed by atoms with van der Waals surface area (Å²) in [6.45, 7) is 11.0. The Kier molecular flexibility index (Phi) is 3.00. The van der Waals surface area contributed by atoms with Gasteiger partial charge in [-0.15, -0.1) is 0 Å². The van der Waals surface area contributed by atoms with Crippen LogP contribution < -0.4 is 9.47 Å². The molecule has 0 bridgehead atoms. The predicted octanol–water partition coefficient (Wildman–Crippen LogP) is 3.46. The largest absolute Gasteiger partial charge is 0.456 e.